The van der Waals surface area contributed by atoms with Gasteiger partial charge in [-0.1, -0.05) is 24.4 Å². The molecule has 0 spiro atoms. The molecule has 0 aromatic carbocycles. The maximum absolute atomic E-state index is 11.9. The lowest BCUT2D eigenvalue weighted by molar-refractivity contribution is 0.0822. The second-order valence-corrected chi connectivity index (χ2v) is 7.03. The number of H-pyrrole nitrogens is 1. The fourth-order valence-electron chi connectivity index (χ4n) is 3.21. The summed E-state index contributed by atoms with van der Waals surface area (Å²) in [4.78, 5) is 21.2. The van der Waals surface area contributed by atoms with E-state index in [4.69, 9.17) is 4.52 Å². The van der Waals surface area contributed by atoms with E-state index in [-0.39, 0.29) is 11.9 Å². The molecular weight excluding hydrogens is 318 g/mol. The van der Waals surface area contributed by atoms with Gasteiger partial charge in [-0.25, -0.2) is 0 Å². The number of nitrogens with zero attached hydrogens (tertiary/aromatic N) is 3. The summed E-state index contributed by atoms with van der Waals surface area (Å²) < 4.78 is 5.45. The molecule has 7 heteroatoms. The van der Waals surface area contributed by atoms with Crippen molar-refractivity contribution in [1.82, 2.24) is 25.3 Å². The zero-order chi connectivity index (χ0) is 17.8. The Kier molecular flexibility index (Phi) is 5.53. The minimum atomic E-state index is -0.0406. The monoisotopic (exact) mass is 345 g/mol. The molecule has 25 heavy (non-hydrogen) atoms. The van der Waals surface area contributed by atoms with Crippen molar-refractivity contribution >= 4 is 5.91 Å². The molecule has 2 N–H and O–H groups in total. The van der Waals surface area contributed by atoms with Gasteiger partial charge >= 0.3 is 0 Å². The molecule has 2 aromatic rings. The van der Waals surface area contributed by atoms with Crippen molar-refractivity contribution in [3.63, 3.8) is 0 Å². The first kappa shape index (κ1) is 17.7. The molecule has 1 saturated carbocycles. The summed E-state index contributed by atoms with van der Waals surface area (Å²) in [5.74, 6) is 1.88. The number of nitrogens with one attached hydrogen (secondary N) is 2. The minimum absolute atomic E-state index is 0.0340. The molecule has 0 radical (unpaired) electrons. The molecule has 1 fully saturated rings. The number of amides is 1. The quantitative estimate of drug-likeness (QED) is 0.840. The fourth-order valence-corrected chi connectivity index (χ4v) is 3.21. The molecule has 1 amide bonds. The highest BCUT2D eigenvalue weighted by atomic mass is 16.5. The van der Waals surface area contributed by atoms with E-state index in [1.807, 2.05) is 13.0 Å². The topological polar surface area (TPSA) is 87.0 Å². The lowest BCUT2D eigenvalue weighted by Crippen LogP contribution is -2.22. The van der Waals surface area contributed by atoms with Gasteiger partial charge in [0.25, 0.3) is 5.91 Å². The first-order valence-electron chi connectivity index (χ1n) is 9.01. The van der Waals surface area contributed by atoms with Gasteiger partial charge in [0.05, 0.1) is 6.04 Å². The first-order chi connectivity index (χ1) is 12.0. The van der Waals surface area contributed by atoms with E-state index < -0.39 is 0 Å². The van der Waals surface area contributed by atoms with Crippen LogP contribution in [0.25, 0.3) is 0 Å². The van der Waals surface area contributed by atoms with E-state index in [1.54, 1.807) is 25.1 Å². The third-order valence-electron chi connectivity index (χ3n) is 4.78. The van der Waals surface area contributed by atoms with Gasteiger partial charge in [0.15, 0.2) is 5.82 Å². The highest BCUT2D eigenvalue weighted by molar-refractivity contribution is 5.92. The number of hydrogen-bond donors (Lipinski definition) is 2. The van der Waals surface area contributed by atoms with Crippen molar-refractivity contribution in [2.75, 3.05) is 14.1 Å². The molecule has 0 saturated heterocycles. The van der Waals surface area contributed by atoms with Gasteiger partial charge in [-0.3, -0.25) is 4.79 Å². The second kappa shape index (κ2) is 7.82. The molecule has 0 bridgehead atoms. The third kappa shape index (κ3) is 4.28. The van der Waals surface area contributed by atoms with Crippen molar-refractivity contribution in [2.45, 2.75) is 57.5 Å². The van der Waals surface area contributed by atoms with Crippen LogP contribution in [-0.4, -0.2) is 40.0 Å². The van der Waals surface area contributed by atoms with Crippen molar-refractivity contribution < 1.29 is 9.32 Å². The highest BCUT2D eigenvalue weighted by Gasteiger charge is 2.22. The minimum Gasteiger partial charge on any atom is -0.353 e. The van der Waals surface area contributed by atoms with E-state index in [9.17, 15) is 4.79 Å². The maximum atomic E-state index is 11.9. The number of aromatic nitrogens is 3. The SMILES string of the molecule is CC(NCc1ccc(C(=O)N(C)C)[nH]1)c1nc(C2CCCCC2)no1. The summed E-state index contributed by atoms with van der Waals surface area (Å²) in [6, 6.07) is 3.68. The Morgan fingerprint density at radius 1 is 1.36 bits per heavy atom. The summed E-state index contributed by atoms with van der Waals surface area (Å²) in [5.41, 5.74) is 1.54. The van der Waals surface area contributed by atoms with Gasteiger partial charge in [-0.2, -0.15) is 4.98 Å². The van der Waals surface area contributed by atoms with Crippen LogP contribution in [0.4, 0.5) is 0 Å². The van der Waals surface area contributed by atoms with Crippen LogP contribution in [0.15, 0.2) is 16.7 Å². The lowest BCUT2D eigenvalue weighted by Gasteiger charge is -2.17. The van der Waals surface area contributed by atoms with Gasteiger partial charge in [0.1, 0.15) is 5.69 Å². The van der Waals surface area contributed by atoms with Crippen LogP contribution in [-0.2, 0) is 6.54 Å². The Morgan fingerprint density at radius 2 is 2.12 bits per heavy atom. The predicted molar refractivity (Wildman–Crippen MR) is 94.2 cm³/mol. The molecule has 1 atom stereocenters. The Bertz CT molecular complexity index is 700. The highest BCUT2D eigenvalue weighted by Crippen LogP contribution is 2.31. The average molecular weight is 345 g/mol. The van der Waals surface area contributed by atoms with Crippen molar-refractivity contribution in [1.29, 1.82) is 0 Å². The molecule has 1 aliphatic carbocycles. The van der Waals surface area contributed by atoms with E-state index in [0.717, 1.165) is 24.4 Å². The zero-order valence-electron chi connectivity index (χ0n) is 15.2. The maximum Gasteiger partial charge on any atom is 0.269 e. The molecule has 2 heterocycles. The summed E-state index contributed by atoms with van der Waals surface area (Å²) in [6.45, 7) is 2.61. The van der Waals surface area contributed by atoms with Crippen molar-refractivity contribution in [2.24, 2.45) is 0 Å². The Labute approximate surface area is 148 Å². The zero-order valence-corrected chi connectivity index (χ0v) is 15.2. The number of rotatable bonds is 6. The van der Waals surface area contributed by atoms with Gasteiger partial charge in [-0.15, -0.1) is 0 Å². The van der Waals surface area contributed by atoms with Gasteiger partial charge in [0.2, 0.25) is 5.89 Å². The second-order valence-electron chi connectivity index (χ2n) is 7.03. The Balaban J connectivity index is 1.55. The van der Waals surface area contributed by atoms with E-state index in [0.29, 0.717) is 24.0 Å². The summed E-state index contributed by atoms with van der Waals surface area (Å²) >= 11 is 0. The number of carbonyl (C=O) groups excluding carboxylic acids is 1. The molecule has 7 nitrogen and oxygen atoms in total. The summed E-state index contributed by atoms with van der Waals surface area (Å²) in [5, 5.41) is 7.54. The van der Waals surface area contributed by atoms with Crippen molar-refractivity contribution in [3.8, 4) is 0 Å². The molecule has 2 aromatic heterocycles. The van der Waals surface area contributed by atoms with Crippen LogP contribution in [0.3, 0.4) is 0 Å². The van der Waals surface area contributed by atoms with E-state index in [2.05, 4.69) is 20.4 Å². The first-order valence-corrected chi connectivity index (χ1v) is 9.01. The average Bonchev–Trinajstić information content (AvgIpc) is 3.29. The van der Waals surface area contributed by atoms with Crippen LogP contribution in [0, 0.1) is 0 Å². The summed E-state index contributed by atoms with van der Waals surface area (Å²) in [7, 11) is 3.48. The molecule has 1 unspecified atom stereocenters. The molecular formula is C18H27N5O2. The van der Waals surface area contributed by atoms with Gasteiger partial charge < -0.3 is 19.7 Å². The third-order valence-corrected chi connectivity index (χ3v) is 4.78. The Hall–Kier alpha value is -2.15. The summed E-state index contributed by atoms with van der Waals surface area (Å²) in [6.07, 6.45) is 6.14. The molecule has 3 rings (SSSR count). The van der Waals surface area contributed by atoms with Gasteiger partial charge in [-0.05, 0) is 31.9 Å². The van der Waals surface area contributed by atoms with Crippen molar-refractivity contribution in [3.05, 3.63) is 35.2 Å². The largest absolute Gasteiger partial charge is 0.353 e. The van der Waals surface area contributed by atoms with Crippen LogP contribution >= 0.6 is 0 Å². The van der Waals surface area contributed by atoms with Crippen LogP contribution < -0.4 is 5.32 Å². The predicted octanol–water partition coefficient (Wildman–Crippen LogP) is 3.00. The van der Waals surface area contributed by atoms with E-state index >= 15 is 0 Å². The van der Waals surface area contributed by atoms with Crippen LogP contribution in [0.2, 0.25) is 0 Å². The standard InChI is InChI=1S/C18H27N5O2/c1-12(17-21-16(22-25-17)13-7-5-4-6-8-13)19-11-14-9-10-15(20-14)18(24)23(2)3/h9-10,12-13,19-20H,4-8,11H2,1-3H3. The van der Waals surface area contributed by atoms with Crippen LogP contribution in [0.1, 0.15) is 78.9 Å². The lowest BCUT2D eigenvalue weighted by atomic mass is 9.89. The van der Waals surface area contributed by atoms with Crippen LogP contribution in [0.5, 0.6) is 0 Å². The van der Waals surface area contributed by atoms with Gasteiger partial charge in [0, 0.05) is 32.3 Å². The molecule has 0 aliphatic heterocycles. The number of hydrogen-bond acceptors (Lipinski definition) is 5. The molecule has 1 aliphatic rings. The van der Waals surface area contributed by atoms with E-state index in [1.165, 1.54) is 19.3 Å². The normalized spacial score (nSPS) is 16.8. The smallest absolute Gasteiger partial charge is 0.269 e. The molecule has 136 valence electrons. The Morgan fingerprint density at radius 3 is 2.84 bits per heavy atom. The number of carbonyl (C=O) groups is 1. The number of aromatic amines is 1. The fraction of sp³-hybridized carbons (Fsp3) is 0.611.